The van der Waals surface area contributed by atoms with Crippen LogP contribution in [0.2, 0.25) is 0 Å². The Balaban J connectivity index is 2.86. The second kappa shape index (κ2) is 3.67. The van der Waals surface area contributed by atoms with E-state index < -0.39 is 0 Å². The molecule has 11 heavy (non-hydrogen) atoms. The van der Waals surface area contributed by atoms with E-state index in [1.807, 2.05) is 13.8 Å². The summed E-state index contributed by atoms with van der Waals surface area (Å²) in [5.74, 6) is 0. The highest BCUT2D eigenvalue weighted by Crippen LogP contribution is 2.14. The quantitative estimate of drug-likeness (QED) is 0.759. The maximum atomic E-state index is 5.10. The molecule has 0 aliphatic carbocycles. The van der Waals surface area contributed by atoms with E-state index in [0.717, 1.165) is 10.2 Å². The van der Waals surface area contributed by atoms with Gasteiger partial charge in [0, 0.05) is 6.20 Å². The highest BCUT2D eigenvalue weighted by atomic mass is 79.9. The van der Waals surface area contributed by atoms with Crippen LogP contribution in [0.4, 0.5) is 0 Å². The number of nitrogens with zero attached hydrogens (tertiary/aromatic N) is 2. The van der Waals surface area contributed by atoms with E-state index in [-0.39, 0.29) is 0 Å². The van der Waals surface area contributed by atoms with Gasteiger partial charge in [0.1, 0.15) is 0 Å². The Labute approximate surface area is 73.9 Å². The van der Waals surface area contributed by atoms with Crippen molar-refractivity contribution >= 4 is 15.9 Å². The zero-order valence-electron chi connectivity index (χ0n) is 6.47. The number of aryl methyl sites for hydroxylation is 1. The molecule has 0 spiro atoms. The van der Waals surface area contributed by atoms with Crippen molar-refractivity contribution in [3.63, 3.8) is 0 Å². The summed E-state index contributed by atoms with van der Waals surface area (Å²) in [4.78, 5) is 8.03. The van der Waals surface area contributed by atoms with Crippen LogP contribution in [-0.2, 0) is 0 Å². The summed E-state index contributed by atoms with van der Waals surface area (Å²) < 4.78 is 6.00. The Morgan fingerprint density at radius 1 is 1.64 bits per heavy atom. The van der Waals surface area contributed by atoms with Gasteiger partial charge in [0.05, 0.1) is 16.8 Å². The third-order valence-electron chi connectivity index (χ3n) is 1.17. The lowest BCUT2D eigenvalue weighted by atomic mass is 10.5. The lowest BCUT2D eigenvalue weighted by Gasteiger charge is -2.01. The molecule has 0 unspecified atom stereocenters. The van der Waals surface area contributed by atoms with Crippen molar-refractivity contribution in [1.29, 1.82) is 0 Å². The molecule has 0 bridgehead atoms. The Morgan fingerprint density at radius 3 is 2.91 bits per heavy atom. The summed E-state index contributed by atoms with van der Waals surface area (Å²) in [6, 6.07) is 0.438. The van der Waals surface area contributed by atoms with Crippen LogP contribution in [0, 0.1) is 6.92 Å². The molecule has 60 valence electrons. The Bertz CT molecular complexity index is 252. The summed E-state index contributed by atoms with van der Waals surface area (Å²) in [7, 11) is 0. The SMILES string of the molecule is CCOc1ncc(Br)c(C)n1. The van der Waals surface area contributed by atoms with Crippen LogP contribution in [0.5, 0.6) is 6.01 Å². The normalized spacial score (nSPS) is 9.73. The van der Waals surface area contributed by atoms with E-state index >= 15 is 0 Å². The van der Waals surface area contributed by atoms with Gasteiger partial charge in [0.2, 0.25) is 0 Å². The molecule has 0 N–H and O–H groups in total. The molecule has 0 aromatic carbocycles. The molecule has 1 rings (SSSR count). The van der Waals surface area contributed by atoms with Crippen LogP contribution in [0.15, 0.2) is 10.7 Å². The van der Waals surface area contributed by atoms with Crippen LogP contribution >= 0.6 is 15.9 Å². The maximum Gasteiger partial charge on any atom is 0.316 e. The molecule has 1 aromatic heterocycles. The molecule has 0 aliphatic heterocycles. The molecule has 0 atom stereocenters. The first-order valence-electron chi connectivity index (χ1n) is 3.36. The molecule has 0 fully saturated rings. The minimum Gasteiger partial charge on any atom is -0.464 e. The van der Waals surface area contributed by atoms with Crippen molar-refractivity contribution in [3.8, 4) is 6.01 Å². The maximum absolute atomic E-state index is 5.10. The van der Waals surface area contributed by atoms with Gasteiger partial charge in [-0.3, -0.25) is 0 Å². The Hall–Kier alpha value is -0.640. The Morgan fingerprint density at radius 2 is 2.36 bits per heavy atom. The van der Waals surface area contributed by atoms with Crippen LogP contribution in [-0.4, -0.2) is 16.6 Å². The fourth-order valence-electron chi connectivity index (χ4n) is 0.630. The minimum absolute atomic E-state index is 0.438. The van der Waals surface area contributed by atoms with E-state index in [2.05, 4.69) is 25.9 Å². The van der Waals surface area contributed by atoms with Crippen LogP contribution < -0.4 is 4.74 Å². The summed E-state index contributed by atoms with van der Waals surface area (Å²) >= 11 is 3.30. The largest absolute Gasteiger partial charge is 0.464 e. The van der Waals surface area contributed by atoms with E-state index in [4.69, 9.17) is 4.74 Å². The molecule has 1 heterocycles. The predicted molar refractivity (Wildman–Crippen MR) is 45.6 cm³/mol. The van der Waals surface area contributed by atoms with Gasteiger partial charge in [-0.25, -0.2) is 4.98 Å². The predicted octanol–water partition coefficient (Wildman–Crippen LogP) is 1.95. The summed E-state index contributed by atoms with van der Waals surface area (Å²) in [6.45, 7) is 4.40. The number of hydrogen-bond donors (Lipinski definition) is 0. The van der Waals surface area contributed by atoms with Crippen molar-refractivity contribution in [2.24, 2.45) is 0 Å². The molecule has 3 nitrogen and oxygen atoms in total. The molecular formula is C7H9BrN2O. The van der Waals surface area contributed by atoms with Gasteiger partial charge >= 0.3 is 6.01 Å². The van der Waals surface area contributed by atoms with Crippen molar-refractivity contribution < 1.29 is 4.74 Å². The number of ether oxygens (including phenoxy) is 1. The average Bonchev–Trinajstić information content (AvgIpc) is 1.98. The number of hydrogen-bond acceptors (Lipinski definition) is 3. The highest BCUT2D eigenvalue weighted by Gasteiger charge is 1.99. The zero-order valence-corrected chi connectivity index (χ0v) is 8.05. The van der Waals surface area contributed by atoms with Gasteiger partial charge < -0.3 is 4.74 Å². The van der Waals surface area contributed by atoms with Crippen molar-refractivity contribution in [1.82, 2.24) is 9.97 Å². The molecule has 0 saturated carbocycles. The van der Waals surface area contributed by atoms with E-state index in [1.54, 1.807) is 6.20 Å². The lowest BCUT2D eigenvalue weighted by molar-refractivity contribution is 0.311. The molecule has 4 heteroatoms. The summed E-state index contributed by atoms with van der Waals surface area (Å²) in [6.07, 6.45) is 1.69. The third-order valence-corrected chi connectivity index (χ3v) is 1.95. The van der Waals surface area contributed by atoms with Crippen LogP contribution in [0.25, 0.3) is 0 Å². The first-order chi connectivity index (χ1) is 5.24. The van der Waals surface area contributed by atoms with E-state index in [9.17, 15) is 0 Å². The molecule has 0 saturated heterocycles. The topological polar surface area (TPSA) is 35.0 Å². The van der Waals surface area contributed by atoms with Gasteiger partial charge in [-0.15, -0.1) is 0 Å². The monoisotopic (exact) mass is 216 g/mol. The highest BCUT2D eigenvalue weighted by molar-refractivity contribution is 9.10. The van der Waals surface area contributed by atoms with Crippen molar-refractivity contribution in [3.05, 3.63) is 16.4 Å². The van der Waals surface area contributed by atoms with Crippen molar-refractivity contribution in [2.75, 3.05) is 6.61 Å². The van der Waals surface area contributed by atoms with E-state index in [1.165, 1.54) is 0 Å². The van der Waals surface area contributed by atoms with Gasteiger partial charge in [-0.05, 0) is 29.8 Å². The van der Waals surface area contributed by atoms with Gasteiger partial charge in [-0.1, -0.05) is 0 Å². The first-order valence-corrected chi connectivity index (χ1v) is 4.15. The van der Waals surface area contributed by atoms with E-state index in [0.29, 0.717) is 12.6 Å². The number of rotatable bonds is 2. The smallest absolute Gasteiger partial charge is 0.316 e. The number of aromatic nitrogens is 2. The van der Waals surface area contributed by atoms with Crippen LogP contribution in [0.1, 0.15) is 12.6 Å². The van der Waals surface area contributed by atoms with Gasteiger partial charge in [0.15, 0.2) is 0 Å². The fraction of sp³-hybridized carbons (Fsp3) is 0.429. The molecule has 0 radical (unpaired) electrons. The second-order valence-corrected chi connectivity index (χ2v) is 2.87. The van der Waals surface area contributed by atoms with Crippen LogP contribution in [0.3, 0.4) is 0 Å². The third kappa shape index (κ3) is 2.15. The standard InChI is InChI=1S/C7H9BrN2O/c1-3-11-7-9-4-6(8)5(2)10-7/h4H,3H2,1-2H3. The summed E-state index contributed by atoms with van der Waals surface area (Å²) in [5.41, 5.74) is 0.892. The summed E-state index contributed by atoms with van der Waals surface area (Å²) in [5, 5.41) is 0. The second-order valence-electron chi connectivity index (χ2n) is 2.02. The van der Waals surface area contributed by atoms with Crippen molar-refractivity contribution in [2.45, 2.75) is 13.8 Å². The lowest BCUT2D eigenvalue weighted by Crippen LogP contribution is -1.98. The molecule has 1 aromatic rings. The molecular weight excluding hydrogens is 208 g/mol. The minimum atomic E-state index is 0.438. The average molecular weight is 217 g/mol. The molecule has 0 aliphatic rings. The van der Waals surface area contributed by atoms with Gasteiger partial charge in [0.25, 0.3) is 0 Å². The first kappa shape index (κ1) is 8.46. The Kier molecular flexibility index (Phi) is 2.82. The molecule has 0 amide bonds. The van der Waals surface area contributed by atoms with Gasteiger partial charge in [-0.2, -0.15) is 4.98 Å². The fourth-order valence-corrected chi connectivity index (χ4v) is 0.821. The zero-order chi connectivity index (χ0) is 8.27. The number of halogens is 1.